The number of aryl methyl sites for hydroxylation is 1. The summed E-state index contributed by atoms with van der Waals surface area (Å²) in [5.74, 6) is 2.00. The SMILES string of the molecule is Cc1ccc(OCc2nc(C3CCN(C(=O)Cn4ccnc4)C3)no2)cc1. The van der Waals surface area contributed by atoms with Crippen molar-refractivity contribution in [3.8, 4) is 5.75 Å². The first kappa shape index (κ1) is 17.3. The number of amides is 1. The van der Waals surface area contributed by atoms with Crippen molar-refractivity contribution < 1.29 is 14.1 Å². The molecule has 1 aromatic carbocycles. The van der Waals surface area contributed by atoms with Gasteiger partial charge < -0.3 is 18.7 Å². The van der Waals surface area contributed by atoms with Crippen molar-refractivity contribution >= 4 is 5.91 Å². The van der Waals surface area contributed by atoms with Crippen molar-refractivity contribution in [3.63, 3.8) is 0 Å². The van der Waals surface area contributed by atoms with Crippen LogP contribution in [0.15, 0.2) is 47.5 Å². The van der Waals surface area contributed by atoms with Crippen LogP contribution in [0.25, 0.3) is 0 Å². The smallest absolute Gasteiger partial charge is 0.264 e. The Morgan fingerprint density at radius 1 is 1.33 bits per heavy atom. The number of rotatable bonds is 6. The largest absolute Gasteiger partial charge is 0.484 e. The molecule has 1 saturated heterocycles. The lowest BCUT2D eigenvalue weighted by Crippen LogP contribution is -2.31. The number of carbonyl (C=O) groups excluding carboxylic acids is 1. The fourth-order valence-electron chi connectivity index (χ4n) is 3.11. The number of ether oxygens (including phenoxy) is 1. The van der Waals surface area contributed by atoms with Crippen LogP contribution in [-0.2, 0) is 17.9 Å². The standard InChI is InChI=1S/C19H21N5O3/c1-14-2-4-16(5-3-14)26-12-17-21-19(22-27-17)15-6-8-24(10-15)18(25)11-23-9-7-20-13-23/h2-5,7,9,13,15H,6,8,10-12H2,1H3. The lowest BCUT2D eigenvalue weighted by atomic mass is 10.1. The number of likely N-dealkylation sites (tertiary alicyclic amines) is 1. The number of benzene rings is 1. The Kier molecular flexibility index (Phi) is 4.86. The van der Waals surface area contributed by atoms with E-state index < -0.39 is 0 Å². The highest BCUT2D eigenvalue weighted by molar-refractivity contribution is 5.76. The Morgan fingerprint density at radius 2 is 2.19 bits per heavy atom. The van der Waals surface area contributed by atoms with Crippen LogP contribution in [-0.4, -0.2) is 43.6 Å². The molecular formula is C19H21N5O3. The van der Waals surface area contributed by atoms with E-state index in [1.165, 1.54) is 5.56 Å². The first-order valence-corrected chi connectivity index (χ1v) is 8.93. The van der Waals surface area contributed by atoms with Gasteiger partial charge in [0, 0.05) is 31.4 Å². The first-order chi connectivity index (χ1) is 13.2. The van der Waals surface area contributed by atoms with E-state index in [9.17, 15) is 4.79 Å². The summed E-state index contributed by atoms with van der Waals surface area (Å²) in [7, 11) is 0. The Morgan fingerprint density at radius 3 is 2.96 bits per heavy atom. The highest BCUT2D eigenvalue weighted by Gasteiger charge is 2.30. The van der Waals surface area contributed by atoms with E-state index in [1.54, 1.807) is 23.3 Å². The van der Waals surface area contributed by atoms with Gasteiger partial charge in [0.2, 0.25) is 5.91 Å². The number of imidazole rings is 1. The fourth-order valence-corrected chi connectivity index (χ4v) is 3.11. The van der Waals surface area contributed by atoms with Crippen LogP contribution >= 0.6 is 0 Å². The minimum atomic E-state index is 0.0712. The molecule has 1 unspecified atom stereocenters. The number of hydrogen-bond acceptors (Lipinski definition) is 6. The molecule has 8 nitrogen and oxygen atoms in total. The van der Waals surface area contributed by atoms with Gasteiger partial charge in [0.05, 0.1) is 6.33 Å². The van der Waals surface area contributed by atoms with Gasteiger partial charge in [0.1, 0.15) is 12.3 Å². The highest BCUT2D eigenvalue weighted by atomic mass is 16.5. The molecule has 0 spiro atoms. The van der Waals surface area contributed by atoms with Crippen molar-refractivity contribution in [2.45, 2.75) is 32.4 Å². The molecule has 2 aromatic heterocycles. The molecule has 1 fully saturated rings. The Labute approximate surface area is 156 Å². The molecule has 0 radical (unpaired) electrons. The van der Waals surface area contributed by atoms with Crippen LogP contribution in [0.3, 0.4) is 0 Å². The molecule has 140 valence electrons. The zero-order chi connectivity index (χ0) is 18.6. The molecule has 8 heteroatoms. The molecule has 0 bridgehead atoms. The van der Waals surface area contributed by atoms with Crippen LogP contribution < -0.4 is 4.74 Å². The van der Waals surface area contributed by atoms with Crippen molar-refractivity contribution in [3.05, 3.63) is 60.3 Å². The molecule has 1 aliphatic heterocycles. The lowest BCUT2D eigenvalue weighted by Gasteiger charge is -2.15. The Balaban J connectivity index is 1.31. The molecular weight excluding hydrogens is 346 g/mol. The predicted molar refractivity (Wildman–Crippen MR) is 96.0 cm³/mol. The summed E-state index contributed by atoms with van der Waals surface area (Å²) < 4.78 is 12.7. The summed E-state index contributed by atoms with van der Waals surface area (Å²) in [6.07, 6.45) is 5.92. The molecule has 0 N–H and O–H groups in total. The third-order valence-corrected chi connectivity index (χ3v) is 4.65. The van der Waals surface area contributed by atoms with Crippen LogP contribution in [0.4, 0.5) is 0 Å². The second kappa shape index (κ2) is 7.61. The summed E-state index contributed by atoms with van der Waals surface area (Å²) in [5.41, 5.74) is 1.18. The molecule has 1 amide bonds. The third-order valence-electron chi connectivity index (χ3n) is 4.65. The average Bonchev–Trinajstić information content (AvgIpc) is 3.42. The van der Waals surface area contributed by atoms with Gasteiger partial charge in [-0.15, -0.1) is 0 Å². The van der Waals surface area contributed by atoms with E-state index in [1.807, 2.05) is 36.1 Å². The van der Waals surface area contributed by atoms with Gasteiger partial charge in [0.25, 0.3) is 5.89 Å². The van der Waals surface area contributed by atoms with Gasteiger partial charge in [-0.3, -0.25) is 4.79 Å². The van der Waals surface area contributed by atoms with Crippen LogP contribution in [0.5, 0.6) is 5.75 Å². The minimum absolute atomic E-state index is 0.0712. The molecule has 1 atom stereocenters. The van der Waals surface area contributed by atoms with E-state index in [0.717, 1.165) is 12.2 Å². The van der Waals surface area contributed by atoms with Crippen molar-refractivity contribution in [1.82, 2.24) is 24.6 Å². The quantitative estimate of drug-likeness (QED) is 0.664. The third kappa shape index (κ3) is 4.16. The molecule has 27 heavy (non-hydrogen) atoms. The Hall–Kier alpha value is -3.16. The summed E-state index contributed by atoms with van der Waals surface area (Å²) in [5, 5.41) is 4.07. The van der Waals surface area contributed by atoms with E-state index in [0.29, 0.717) is 31.3 Å². The number of carbonyl (C=O) groups is 1. The summed E-state index contributed by atoms with van der Waals surface area (Å²) in [4.78, 5) is 22.6. The molecule has 3 aromatic rings. The Bertz CT molecular complexity index is 888. The summed E-state index contributed by atoms with van der Waals surface area (Å²) in [6.45, 7) is 3.85. The molecule has 1 aliphatic rings. The molecule has 0 aliphatic carbocycles. The van der Waals surface area contributed by atoms with Gasteiger partial charge >= 0.3 is 0 Å². The predicted octanol–water partition coefficient (Wildman–Crippen LogP) is 2.17. The van der Waals surface area contributed by atoms with E-state index in [-0.39, 0.29) is 18.4 Å². The second-order valence-corrected chi connectivity index (χ2v) is 6.71. The van der Waals surface area contributed by atoms with Crippen LogP contribution in [0, 0.1) is 6.92 Å². The molecule has 3 heterocycles. The number of nitrogens with zero attached hydrogens (tertiary/aromatic N) is 5. The van der Waals surface area contributed by atoms with E-state index >= 15 is 0 Å². The topological polar surface area (TPSA) is 86.3 Å². The summed E-state index contributed by atoms with van der Waals surface area (Å²) >= 11 is 0. The van der Waals surface area contributed by atoms with E-state index in [4.69, 9.17) is 9.26 Å². The normalized spacial score (nSPS) is 16.6. The second-order valence-electron chi connectivity index (χ2n) is 6.71. The average molecular weight is 367 g/mol. The zero-order valence-electron chi connectivity index (χ0n) is 15.1. The van der Waals surface area contributed by atoms with Gasteiger partial charge in [-0.2, -0.15) is 4.98 Å². The monoisotopic (exact) mass is 367 g/mol. The molecule has 0 saturated carbocycles. The first-order valence-electron chi connectivity index (χ1n) is 8.93. The highest BCUT2D eigenvalue weighted by Crippen LogP contribution is 2.25. The van der Waals surface area contributed by atoms with Crippen molar-refractivity contribution in [2.75, 3.05) is 13.1 Å². The lowest BCUT2D eigenvalue weighted by molar-refractivity contribution is -0.130. The van der Waals surface area contributed by atoms with Crippen molar-refractivity contribution in [1.29, 1.82) is 0 Å². The van der Waals surface area contributed by atoms with Gasteiger partial charge in [-0.05, 0) is 25.5 Å². The van der Waals surface area contributed by atoms with Gasteiger partial charge in [-0.25, -0.2) is 4.98 Å². The summed E-state index contributed by atoms with van der Waals surface area (Å²) in [6, 6.07) is 7.80. The maximum atomic E-state index is 12.4. The fraction of sp³-hybridized carbons (Fsp3) is 0.368. The van der Waals surface area contributed by atoms with E-state index in [2.05, 4.69) is 15.1 Å². The van der Waals surface area contributed by atoms with Gasteiger partial charge in [0.15, 0.2) is 12.4 Å². The minimum Gasteiger partial charge on any atom is -0.484 e. The number of aromatic nitrogens is 4. The van der Waals surface area contributed by atoms with Crippen LogP contribution in [0.2, 0.25) is 0 Å². The van der Waals surface area contributed by atoms with Crippen molar-refractivity contribution in [2.24, 2.45) is 0 Å². The number of hydrogen-bond donors (Lipinski definition) is 0. The van der Waals surface area contributed by atoms with Crippen LogP contribution in [0.1, 0.15) is 29.6 Å². The molecule has 4 rings (SSSR count). The maximum absolute atomic E-state index is 12.4. The zero-order valence-corrected chi connectivity index (χ0v) is 15.1. The van der Waals surface area contributed by atoms with Gasteiger partial charge in [-0.1, -0.05) is 22.9 Å². The maximum Gasteiger partial charge on any atom is 0.264 e.